The second kappa shape index (κ2) is 60.0. The molecule has 16 nitrogen and oxygen atoms in total. The van der Waals surface area contributed by atoms with E-state index in [1.54, 1.807) is 20.8 Å². The molecule has 736 valence electrons. The summed E-state index contributed by atoms with van der Waals surface area (Å²) in [6.07, 6.45) is 6.69. The van der Waals surface area contributed by atoms with Crippen molar-refractivity contribution >= 4 is 150 Å². The number of carbonyl (C=O) groups is 3. The summed E-state index contributed by atoms with van der Waals surface area (Å²) < 4.78 is 66.3. The van der Waals surface area contributed by atoms with E-state index in [0.29, 0.717) is 59.8 Å². The van der Waals surface area contributed by atoms with Crippen LogP contribution in [0.3, 0.4) is 0 Å². The summed E-state index contributed by atoms with van der Waals surface area (Å²) in [7, 11) is -24.7. The van der Waals surface area contributed by atoms with Crippen molar-refractivity contribution in [2.75, 3.05) is 52.9 Å². The molecule has 1 aliphatic rings. The average molecular weight is 2020 g/mol. The van der Waals surface area contributed by atoms with Crippen LogP contribution in [0, 0.1) is 6.92 Å². The number of hydrogen-bond donors (Lipinski definition) is 1. The first kappa shape index (κ1) is 140. The van der Waals surface area contributed by atoms with E-state index < -0.39 is 132 Å². The van der Waals surface area contributed by atoms with Crippen molar-refractivity contribution in [3.05, 3.63) is 43.4 Å². The maximum Gasteiger partial charge on any atom is 1.00 e. The largest absolute Gasteiger partial charge is 1.00 e. The van der Waals surface area contributed by atoms with E-state index in [2.05, 4.69) is 306 Å². The Morgan fingerprint density at radius 1 is 0.336 bits per heavy atom. The fraction of sp³-hybridized carbons (Fsp3) is 0.890. The zero-order valence-corrected chi connectivity index (χ0v) is 109. The van der Waals surface area contributed by atoms with Crippen molar-refractivity contribution in [1.82, 2.24) is 0 Å². The molecule has 34 heteroatoms. The summed E-state index contributed by atoms with van der Waals surface area (Å²) in [6, 6.07) is 18.3. The Kier molecular flexibility index (Phi) is 67.2. The summed E-state index contributed by atoms with van der Waals surface area (Å²) in [6.45, 7) is 126. The van der Waals surface area contributed by atoms with Crippen LogP contribution in [0.4, 0.5) is 0 Å². The first-order valence-electron chi connectivity index (χ1n) is 47.3. The Bertz CT molecular complexity index is 3010. The van der Waals surface area contributed by atoms with Gasteiger partial charge in [-0.2, -0.15) is 6.42 Å². The van der Waals surface area contributed by atoms with Gasteiger partial charge in [0.25, 0.3) is 0 Å². The van der Waals surface area contributed by atoms with Crippen LogP contribution in [-0.4, -0.2) is 208 Å². The van der Waals surface area contributed by atoms with Crippen molar-refractivity contribution < 1.29 is 110 Å². The molecule has 125 heavy (non-hydrogen) atoms. The molecule has 0 aromatic carbocycles. The predicted octanol–water partition coefficient (Wildman–Crippen LogP) is 23.3. The standard InChI is InChI=1S/C24H54O4Si4.C21H53O3Si5.C18H40O4Si3.C13H26O3Si.C9H21OSi.C6H16OSi2.2Li/c1-22(2)23(25)26-16-14-19-30(8,9)28-31(10,11)21-20-29(6,7)18-15-17-27-32(12,13)24(3,4)5;1-21(2,3)29(12,13)23-15-14-16-25(4,5)17-19-27(8,9)24-28(10,11)20-18-26(6,7)22;1-17(2)18(20)21-12-10-14-24(5,6)22-25(7,8)16-15-23(3,4)13-9-11-19;1-11(2)12(14)15-9-8-10-16-17(6,7)13(3,4)5;1-7-8-10-11(5,6)9(2,3)4;1-8(2)5-6-9(3,4)7-8;;/h1,14-21H2,2-13H3;14-20H2,1-13H3;19H,1,9-16H2,2-8H3;1,8-10H2,2-7H3;1,7-8H2,2-6H3;5-6H2,1-4H3;;/q;-1;;;-1;;2*+1. The van der Waals surface area contributed by atoms with Crippen molar-refractivity contribution in [1.29, 1.82) is 0 Å². The van der Waals surface area contributed by atoms with Crippen molar-refractivity contribution in [2.45, 2.75) is 469 Å². The molecule has 1 aliphatic heterocycles. The molecular formula is C91H210Li2O16Si16. The number of esters is 3. The molecule has 0 radical (unpaired) electrons. The van der Waals surface area contributed by atoms with Crippen LogP contribution in [-0.2, 0) is 62.8 Å². The van der Waals surface area contributed by atoms with Gasteiger partial charge in [-0.15, -0.1) is 0 Å². The maximum atomic E-state index is 12.1. The molecule has 0 atom stereocenters. The number of hydrogen-bond acceptors (Lipinski definition) is 16. The number of carbonyl (C=O) groups excluding carboxylic acids is 3. The zero-order chi connectivity index (χ0) is 98.5. The quantitative estimate of drug-likeness (QED) is 0.0151. The molecule has 1 heterocycles. The average Bonchev–Trinajstić information content (AvgIpc) is 1.70. The van der Waals surface area contributed by atoms with Gasteiger partial charge in [0.2, 0.25) is 0 Å². The van der Waals surface area contributed by atoms with E-state index in [1.165, 1.54) is 79.3 Å². The van der Waals surface area contributed by atoms with E-state index in [-0.39, 0.29) is 65.7 Å². The molecule has 0 bridgehead atoms. The second-order valence-electron chi connectivity index (χ2n) is 49.9. The SMILES string of the molecule is C=C(C)C(=O)OCCCO[Si](C)(C)C(C)(C)C.C=C(C)C(=O)OCCC[Si](C)(C)O[Si](C)(C)CC[Si](C)(C)CCCO.C=C(C)C(=O)OCCC[Si](C)(C)O[Si](C)(C)CC[Si](C)(C)CCCO[Si](C)(C)C(C)(C)C.CC(C)(C)[Si](C)(C)OCCC[Si](C)(C)CC[Si](C)(C)O[Si](C)(C)CC[Si](C)(C)[O-].C[Si]1(C)CC[Si](C)(C)O1.[CH2-]CCO[Si](C)(C)C(C)(C)C.[Li+].[Li+]. The van der Waals surface area contributed by atoms with Crippen molar-refractivity contribution in [3.63, 3.8) is 0 Å². The van der Waals surface area contributed by atoms with Gasteiger partial charge in [-0.1, -0.05) is 206 Å². The van der Waals surface area contributed by atoms with E-state index in [0.717, 1.165) is 76.1 Å². The summed E-state index contributed by atoms with van der Waals surface area (Å²) in [5.74, 6) is -0.913. The third-order valence-corrected chi connectivity index (χ3v) is 86.7. The van der Waals surface area contributed by atoms with Crippen LogP contribution in [0.5, 0.6) is 0 Å². The predicted molar refractivity (Wildman–Crippen MR) is 581 cm³/mol. The molecule has 0 unspecified atom stereocenters. The maximum absolute atomic E-state index is 12.1. The molecule has 0 aromatic rings. The zero-order valence-electron chi connectivity index (χ0n) is 92.6. The number of aliphatic hydroxyl groups excluding tert-OH is 1. The van der Waals surface area contributed by atoms with Gasteiger partial charge in [0, 0.05) is 80.4 Å². The van der Waals surface area contributed by atoms with Crippen LogP contribution in [0.15, 0.2) is 36.5 Å². The summed E-state index contributed by atoms with van der Waals surface area (Å²) in [5.41, 5.74) is 1.36. The van der Waals surface area contributed by atoms with E-state index in [1.807, 2.05) is 13.1 Å². The minimum atomic E-state index is -2.22. The van der Waals surface area contributed by atoms with E-state index in [4.69, 9.17) is 53.5 Å². The molecule has 1 rings (SSSR count). The third-order valence-electron chi connectivity index (χ3n) is 25.2. The van der Waals surface area contributed by atoms with E-state index in [9.17, 15) is 19.2 Å². The molecule has 0 aliphatic carbocycles. The first-order valence-corrected chi connectivity index (χ1v) is 97.2. The smallest absolute Gasteiger partial charge is 0.859 e. The van der Waals surface area contributed by atoms with Gasteiger partial charge in [-0.25, -0.2) is 14.4 Å². The fourth-order valence-electron chi connectivity index (χ4n) is 12.7. The number of ether oxygens (including phenoxy) is 3. The first-order chi connectivity index (χ1) is 54.4. The van der Waals surface area contributed by atoms with Gasteiger partial charge in [0.05, 0.1) is 19.8 Å². The van der Waals surface area contributed by atoms with Crippen LogP contribution >= 0.6 is 0 Å². The van der Waals surface area contributed by atoms with Crippen LogP contribution < -0.4 is 42.5 Å². The van der Waals surface area contributed by atoms with Gasteiger partial charge < -0.3 is 65.2 Å². The van der Waals surface area contributed by atoms with Gasteiger partial charge in [-0.3, -0.25) is 0 Å². The summed E-state index contributed by atoms with van der Waals surface area (Å²) in [5, 5.41) is 10.2. The number of rotatable bonds is 50. The van der Waals surface area contributed by atoms with Crippen LogP contribution in [0.2, 0.25) is 320 Å². The topological polar surface area (TPSA) is 196 Å². The van der Waals surface area contributed by atoms with Gasteiger partial charge in [-0.05, 0) is 279 Å². The minimum absolute atomic E-state index is 0. The Balaban J connectivity index is -0.000000278. The van der Waals surface area contributed by atoms with Crippen LogP contribution in [0.1, 0.15) is 149 Å². The number of aliphatic hydroxyl groups is 1. The summed E-state index contributed by atoms with van der Waals surface area (Å²) >= 11 is 0. The molecule has 1 N–H and O–H groups in total. The monoisotopic (exact) mass is 2020 g/mol. The third kappa shape index (κ3) is 73.7. The van der Waals surface area contributed by atoms with E-state index >= 15 is 0 Å². The molecule has 1 fully saturated rings. The Morgan fingerprint density at radius 2 is 0.544 bits per heavy atom. The van der Waals surface area contributed by atoms with Crippen LogP contribution in [0.25, 0.3) is 0 Å². The van der Waals surface area contributed by atoms with Crippen molar-refractivity contribution in [2.24, 2.45) is 0 Å². The Morgan fingerprint density at radius 3 is 0.752 bits per heavy atom. The molecule has 0 spiro atoms. The summed E-state index contributed by atoms with van der Waals surface area (Å²) in [4.78, 5) is 46.2. The molecule has 0 amide bonds. The van der Waals surface area contributed by atoms with Gasteiger partial charge >= 0.3 is 55.6 Å². The normalized spacial score (nSPS) is 14.7. The van der Waals surface area contributed by atoms with Crippen molar-refractivity contribution in [3.8, 4) is 0 Å². The van der Waals surface area contributed by atoms with Gasteiger partial charge in [0.1, 0.15) is 0 Å². The molecular weight excluding hydrogens is 1810 g/mol. The minimum Gasteiger partial charge on any atom is -0.859 e. The van der Waals surface area contributed by atoms with Gasteiger partial charge in [0.15, 0.2) is 99.8 Å². The molecule has 0 saturated carbocycles. The second-order valence-corrected chi connectivity index (χ2v) is 125. The molecule has 0 aromatic heterocycles. The molecule has 1 saturated heterocycles. The Hall–Kier alpha value is 1.89. The fourth-order valence-corrected chi connectivity index (χ4v) is 75.2. The Labute approximate surface area is 818 Å².